The van der Waals surface area contributed by atoms with Crippen molar-refractivity contribution >= 4 is 17.6 Å². The first-order chi connectivity index (χ1) is 12.9. The van der Waals surface area contributed by atoms with Gasteiger partial charge in [0.2, 0.25) is 0 Å². The minimum Gasteiger partial charge on any atom is -0.497 e. The van der Waals surface area contributed by atoms with E-state index in [1.165, 1.54) is 7.11 Å². The van der Waals surface area contributed by atoms with Crippen LogP contribution in [0.25, 0.3) is 11.1 Å². The zero-order chi connectivity index (χ0) is 19.4. The van der Waals surface area contributed by atoms with E-state index in [9.17, 15) is 4.79 Å². The summed E-state index contributed by atoms with van der Waals surface area (Å²) < 4.78 is 11.2. The van der Waals surface area contributed by atoms with Gasteiger partial charge in [-0.15, -0.1) is 0 Å². The van der Waals surface area contributed by atoms with Crippen molar-refractivity contribution in [3.8, 4) is 28.4 Å². The molecule has 3 aromatic rings. The molecule has 0 bridgehead atoms. The van der Waals surface area contributed by atoms with Gasteiger partial charge in [0.1, 0.15) is 17.2 Å². The van der Waals surface area contributed by atoms with Crippen molar-refractivity contribution in [2.24, 2.45) is 0 Å². The van der Waals surface area contributed by atoms with Gasteiger partial charge in [-0.2, -0.15) is 0 Å². The number of ether oxygens (including phenoxy) is 2. The number of aliphatic carboxylic acids is 1. The number of hydrogen-bond acceptors (Lipinski definition) is 3. The highest BCUT2D eigenvalue weighted by atomic mass is 35.5. The molecule has 0 aliphatic heterocycles. The second kappa shape index (κ2) is 8.14. The summed E-state index contributed by atoms with van der Waals surface area (Å²) in [6.45, 7) is 2.01. The van der Waals surface area contributed by atoms with Gasteiger partial charge in [-0.05, 0) is 65.6 Å². The largest absolute Gasteiger partial charge is 0.497 e. The van der Waals surface area contributed by atoms with Crippen molar-refractivity contribution in [2.45, 2.75) is 13.3 Å². The van der Waals surface area contributed by atoms with Gasteiger partial charge >= 0.3 is 5.97 Å². The van der Waals surface area contributed by atoms with Crippen molar-refractivity contribution in [3.63, 3.8) is 0 Å². The third-order valence-corrected chi connectivity index (χ3v) is 4.34. The first-order valence-corrected chi connectivity index (χ1v) is 8.76. The Kier molecular flexibility index (Phi) is 5.67. The molecule has 0 heterocycles. The van der Waals surface area contributed by atoms with Crippen molar-refractivity contribution < 1.29 is 19.4 Å². The highest BCUT2D eigenvalue weighted by Gasteiger charge is 2.09. The van der Waals surface area contributed by atoms with Gasteiger partial charge in [0, 0.05) is 11.1 Å². The van der Waals surface area contributed by atoms with Gasteiger partial charge in [0.05, 0.1) is 13.5 Å². The van der Waals surface area contributed by atoms with E-state index in [0.717, 1.165) is 16.7 Å². The van der Waals surface area contributed by atoms with E-state index in [4.69, 9.17) is 26.2 Å². The van der Waals surface area contributed by atoms with Crippen LogP contribution in [-0.4, -0.2) is 18.2 Å². The summed E-state index contributed by atoms with van der Waals surface area (Å²) >= 11 is 6.04. The number of aryl methyl sites for hydroxylation is 1. The van der Waals surface area contributed by atoms with Gasteiger partial charge < -0.3 is 14.6 Å². The van der Waals surface area contributed by atoms with Crippen molar-refractivity contribution in [2.75, 3.05) is 7.11 Å². The van der Waals surface area contributed by atoms with Gasteiger partial charge in [-0.3, -0.25) is 4.79 Å². The molecule has 0 spiro atoms. The molecular weight excluding hydrogens is 364 g/mol. The van der Waals surface area contributed by atoms with Gasteiger partial charge in [-0.1, -0.05) is 29.8 Å². The summed E-state index contributed by atoms with van der Waals surface area (Å²) in [5.41, 5.74) is 3.77. The summed E-state index contributed by atoms with van der Waals surface area (Å²) in [5, 5.41) is 9.73. The lowest BCUT2D eigenvalue weighted by molar-refractivity contribution is -0.136. The third kappa shape index (κ3) is 4.80. The third-order valence-electron chi connectivity index (χ3n) is 4.10. The smallest absolute Gasteiger partial charge is 0.307 e. The van der Waals surface area contributed by atoms with Crippen LogP contribution in [0.2, 0.25) is 5.02 Å². The zero-order valence-electron chi connectivity index (χ0n) is 15.0. The predicted octanol–water partition coefficient (Wildman–Crippen LogP) is 5.74. The molecule has 4 nitrogen and oxygen atoms in total. The molecule has 0 saturated heterocycles. The Morgan fingerprint density at radius 1 is 1.00 bits per heavy atom. The van der Waals surface area contributed by atoms with Gasteiger partial charge in [0.25, 0.3) is 0 Å². The average molecular weight is 383 g/mol. The summed E-state index contributed by atoms with van der Waals surface area (Å²) in [7, 11) is 1.54. The standard InChI is InChI=1S/C22H19ClO4/c1-14-8-17(23)6-7-21(14)16-4-3-5-18(12-16)27-20-10-15(11-22(24)25)9-19(13-20)26-2/h3-10,12-13H,11H2,1-2H3,(H,24,25). The highest BCUT2D eigenvalue weighted by molar-refractivity contribution is 6.30. The fourth-order valence-electron chi connectivity index (χ4n) is 2.90. The lowest BCUT2D eigenvalue weighted by Gasteiger charge is -2.12. The Bertz CT molecular complexity index is 982. The SMILES string of the molecule is COc1cc(CC(=O)O)cc(Oc2cccc(-c3ccc(Cl)cc3C)c2)c1. The molecule has 0 fully saturated rings. The van der Waals surface area contributed by atoms with Crippen LogP contribution in [-0.2, 0) is 11.2 Å². The average Bonchev–Trinajstić information content (AvgIpc) is 2.61. The van der Waals surface area contributed by atoms with E-state index in [0.29, 0.717) is 27.8 Å². The van der Waals surface area contributed by atoms with E-state index >= 15 is 0 Å². The van der Waals surface area contributed by atoms with E-state index in [1.54, 1.807) is 18.2 Å². The van der Waals surface area contributed by atoms with E-state index in [2.05, 4.69) is 0 Å². The Hall–Kier alpha value is -2.98. The summed E-state index contributed by atoms with van der Waals surface area (Å²) in [5.74, 6) is 0.815. The monoisotopic (exact) mass is 382 g/mol. The number of methoxy groups -OCH3 is 1. The Morgan fingerprint density at radius 3 is 2.48 bits per heavy atom. The number of carbonyl (C=O) groups is 1. The number of carboxylic acids is 1. The molecule has 3 rings (SSSR count). The normalized spacial score (nSPS) is 10.5. The van der Waals surface area contributed by atoms with Crippen LogP contribution in [0.15, 0.2) is 60.7 Å². The first kappa shape index (κ1) is 18.8. The molecule has 0 amide bonds. The second-order valence-electron chi connectivity index (χ2n) is 6.18. The van der Waals surface area contributed by atoms with E-state index in [1.807, 2.05) is 49.4 Å². The number of benzene rings is 3. The quantitative estimate of drug-likeness (QED) is 0.590. The molecule has 0 aliphatic carbocycles. The minimum atomic E-state index is -0.908. The van der Waals surface area contributed by atoms with Crippen LogP contribution >= 0.6 is 11.6 Å². The predicted molar refractivity (Wildman–Crippen MR) is 106 cm³/mol. The molecule has 1 N–H and O–H groups in total. The highest BCUT2D eigenvalue weighted by Crippen LogP contribution is 2.32. The molecule has 0 aliphatic rings. The van der Waals surface area contributed by atoms with Gasteiger partial charge in [0.15, 0.2) is 0 Å². The maximum atomic E-state index is 11.0. The lowest BCUT2D eigenvalue weighted by atomic mass is 10.0. The van der Waals surface area contributed by atoms with Crippen LogP contribution in [0.1, 0.15) is 11.1 Å². The molecule has 0 saturated carbocycles. The molecule has 138 valence electrons. The minimum absolute atomic E-state index is 0.0996. The zero-order valence-corrected chi connectivity index (χ0v) is 15.8. The van der Waals surface area contributed by atoms with E-state index in [-0.39, 0.29) is 6.42 Å². The second-order valence-corrected chi connectivity index (χ2v) is 6.61. The van der Waals surface area contributed by atoms with Crippen LogP contribution < -0.4 is 9.47 Å². The fraction of sp³-hybridized carbons (Fsp3) is 0.136. The Balaban J connectivity index is 1.91. The number of carboxylic acid groups (broad SMARTS) is 1. The summed E-state index contributed by atoms with van der Waals surface area (Å²) in [6, 6.07) is 18.6. The molecule has 0 aromatic heterocycles. The maximum Gasteiger partial charge on any atom is 0.307 e. The molecule has 3 aromatic carbocycles. The van der Waals surface area contributed by atoms with E-state index < -0.39 is 5.97 Å². The first-order valence-electron chi connectivity index (χ1n) is 8.39. The van der Waals surface area contributed by atoms with Crippen molar-refractivity contribution in [1.82, 2.24) is 0 Å². The van der Waals surface area contributed by atoms with Crippen molar-refractivity contribution in [3.05, 3.63) is 76.8 Å². The molecule has 0 unspecified atom stereocenters. The van der Waals surface area contributed by atoms with Crippen LogP contribution in [0, 0.1) is 6.92 Å². The summed E-state index contributed by atoms with van der Waals surface area (Å²) in [4.78, 5) is 11.0. The number of rotatable bonds is 6. The lowest BCUT2D eigenvalue weighted by Crippen LogP contribution is -2.00. The number of hydrogen-bond donors (Lipinski definition) is 1. The Labute approximate surface area is 162 Å². The summed E-state index contributed by atoms with van der Waals surface area (Å²) in [6.07, 6.45) is -0.0996. The molecule has 0 atom stereocenters. The van der Waals surface area contributed by atoms with Crippen LogP contribution in [0.4, 0.5) is 0 Å². The number of halogens is 1. The fourth-order valence-corrected chi connectivity index (χ4v) is 3.12. The maximum absolute atomic E-state index is 11.0. The van der Waals surface area contributed by atoms with Crippen molar-refractivity contribution in [1.29, 1.82) is 0 Å². The molecule has 27 heavy (non-hydrogen) atoms. The van der Waals surface area contributed by atoms with Crippen LogP contribution in [0.5, 0.6) is 17.2 Å². The van der Waals surface area contributed by atoms with Crippen LogP contribution in [0.3, 0.4) is 0 Å². The molecular formula is C22H19ClO4. The van der Waals surface area contributed by atoms with Gasteiger partial charge in [-0.25, -0.2) is 0 Å². The Morgan fingerprint density at radius 2 is 1.78 bits per heavy atom. The molecule has 5 heteroatoms. The topological polar surface area (TPSA) is 55.8 Å². The molecule has 0 radical (unpaired) electrons.